The minimum atomic E-state index is -0.137. The number of nitrogens with two attached hydrogens (primary N) is 1. The summed E-state index contributed by atoms with van der Waals surface area (Å²) in [4.78, 5) is 12.4. The Morgan fingerprint density at radius 1 is 0.955 bits per heavy atom. The SMILES string of the molecule is NC1CCCCCCCCCC1C(=O)OCc1ccccc1. The Morgan fingerprint density at radius 3 is 2.23 bits per heavy atom. The lowest BCUT2D eigenvalue weighted by molar-refractivity contribution is -0.151. The first kappa shape index (κ1) is 17.0. The second-order valence-corrected chi connectivity index (χ2v) is 6.42. The molecule has 0 amide bonds. The Kier molecular flexibility index (Phi) is 7.44. The summed E-state index contributed by atoms with van der Waals surface area (Å²) >= 11 is 0. The van der Waals surface area contributed by atoms with Gasteiger partial charge >= 0.3 is 5.97 Å². The minimum absolute atomic E-state index is 0.0543. The van der Waals surface area contributed by atoms with Crippen molar-refractivity contribution in [2.75, 3.05) is 0 Å². The Bertz CT molecular complexity index is 432. The molecule has 0 aliphatic heterocycles. The van der Waals surface area contributed by atoms with Gasteiger partial charge in [0.05, 0.1) is 5.92 Å². The maximum Gasteiger partial charge on any atom is 0.310 e. The normalized spacial score (nSPS) is 24.2. The fourth-order valence-corrected chi connectivity index (χ4v) is 3.17. The van der Waals surface area contributed by atoms with Crippen molar-refractivity contribution in [3.8, 4) is 0 Å². The molecule has 0 saturated heterocycles. The summed E-state index contributed by atoms with van der Waals surface area (Å²) in [6.07, 6.45) is 10.4. The number of carbonyl (C=O) groups is 1. The van der Waals surface area contributed by atoms with Crippen molar-refractivity contribution in [3.63, 3.8) is 0 Å². The zero-order chi connectivity index (χ0) is 15.6. The van der Waals surface area contributed by atoms with Crippen molar-refractivity contribution in [2.45, 2.75) is 70.4 Å². The highest BCUT2D eigenvalue weighted by molar-refractivity contribution is 5.73. The van der Waals surface area contributed by atoms with Gasteiger partial charge in [0.25, 0.3) is 0 Å². The quantitative estimate of drug-likeness (QED) is 0.851. The molecule has 0 spiro atoms. The Balaban J connectivity index is 1.88. The molecular formula is C19H29NO2. The van der Waals surface area contributed by atoms with E-state index in [2.05, 4.69) is 0 Å². The van der Waals surface area contributed by atoms with Crippen molar-refractivity contribution in [2.24, 2.45) is 11.7 Å². The van der Waals surface area contributed by atoms with Crippen LogP contribution in [0.3, 0.4) is 0 Å². The highest BCUT2D eigenvalue weighted by Crippen LogP contribution is 2.22. The molecule has 1 aromatic rings. The van der Waals surface area contributed by atoms with Crippen molar-refractivity contribution >= 4 is 5.97 Å². The largest absolute Gasteiger partial charge is 0.461 e. The topological polar surface area (TPSA) is 52.3 Å². The van der Waals surface area contributed by atoms with Gasteiger partial charge in [-0.1, -0.05) is 75.3 Å². The van der Waals surface area contributed by atoms with E-state index < -0.39 is 0 Å². The lowest BCUT2D eigenvalue weighted by Gasteiger charge is -2.22. The molecule has 2 unspecified atom stereocenters. The van der Waals surface area contributed by atoms with E-state index in [1.54, 1.807) is 0 Å². The molecule has 0 radical (unpaired) electrons. The van der Waals surface area contributed by atoms with Crippen molar-refractivity contribution in [1.29, 1.82) is 0 Å². The molecule has 22 heavy (non-hydrogen) atoms. The highest BCUT2D eigenvalue weighted by atomic mass is 16.5. The molecule has 3 heteroatoms. The molecule has 1 aromatic carbocycles. The second kappa shape index (κ2) is 9.62. The Hall–Kier alpha value is -1.35. The molecule has 0 bridgehead atoms. The van der Waals surface area contributed by atoms with Crippen LogP contribution in [0.5, 0.6) is 0 Å². The number of esters is 1. The summed E-state index contributed by atoms with van der Waals surface area (Å²) in [6, 6.07) is 9.78. The predicted molar refractivity (Wildman–Crippen MR) is 89.3 cm³/mol. The van der Waals surface area contributed by atoms with Crippen LogP contribution in [0.25, 0.3) is 0 Å². The zero-order valence-corrected chi connectivity index (χ0v) is 13.5. The first-order chi connectivity index (χ1) is 10.8. The Labute approximate surface area is 134 Å². The number of ether oxygens (including phenoxy) is 1. The van der Waals surface area contributed by atoms with Gasteiger partial charge in [-0.25, -0.2) is 0 Å². The molecule has 1 fully saturated rings. The van der Waals surface area contributed by atoms with Crippen LogP contribution < -0.4 is 5.73 Å². The van der Waals surface area contributed by atoms with Gasteiger partial charge in [0.2, 0.25) is 0 Å². The van der Waals surface area contributed by atoms with Crippen LogP contribution in [0.4, 0.5) is 0 Å². The summed E-state index contributed by atoms with van der Waals surface area (Å²) in [5.74, 6) is -0.252. The maximum absolute atomic E-state index is 12.4. The fraction of sp³-hybridized carbons (Fsp3) is 0.632. The van der Waals surface area contributed by atoms with E-state index in [0.29, 0.717) is 6.61 Å². The van der Waals surface area contributed by atoms with E-state index in [1.807, 2.05) is 30.3 Å². The smallest absolute Gasteiger partial charge is 0.310 e. The van der Waals surface area contributed by atoms with Gasteiger partial charge in [-0.2, -0.15) is 0 Å². The van der Waals surface area contributed by atoms with Gasteiger partial charge in [-0.15, -0.1) is 0 Å². The molecule has 0 aromatic heterocycles. The van der Waals surface area contributed by atoms with Crippen LogP contribution in [0.2, 0.25) is 0 Å². The molecule has 3 nitrogen and oxygen atoms in total. The summed E-state index contributed by atoms with van der Waals surface area (Å²) < 4.78 is 5.52. The second-order valence-electron chi connectivity index (χ2n) is 6.42. The van der Waals surface area contributed by atoms with Crippen LogP contribution in [0.1, 0.15) is 63.4 Å². The molecule has 2 rings (SSSR count). The third-order valence-corrected chi connectivity index (χ3v) is 4.60. The average Bonchev–Trinajstić information content (AvgIpc) is 2.59. The summed E-state index contributed by atoms with van der Waals surface area (Å²) in [6.45, 7) is 0.350. The Morgan fingerprint density at radius 2 is 1.55 bits per heavy atom. The van der Waals surface area contributed by atoms with Crippen molar-refractivity contribution in [1.82, 2.24) is 0 Å². The van der Waals surface area contributed by atoms with Crippen molar-refractivity contribution in [3.05, 3.63) is 35.9 Å². The van der Waals surface area contributed by atoms with E-state index in [1.165, 1.54) is 32.1 Å². The number of benzene rings is 1. The predicted octanol–water partition coefficient (Wildman–Crippen LogP) is 4.20. The third-order valence-electron chi connectivity index (χ3n) is 4.60. The van der Waals surface area contributed by atoms with Gasteiger partial charge in [0, 0.05) is 6.04 Å². The number of carbonyl (C=O) groups excluding carboxylic acids is 1. The van der Waals surface area contributed by atoms with E-state index in [9.17, 15) is 4.79 Å². The molecule has 1 saturated carbocycles. The number of hydrogen-bond donors (Lipinski definition) is 1. The molecule has 2 N–H and O–H groups in total. The highest BCUT2D eigenvalue weighted by Gasteiger charge is 2.26. The van der Waals surface area contributed by atoms with Gasteiger partial charge in [-0.3, -0.25) is 4.79 Å². The summed E-state index contributed by atoms with van der Waals surface area (Å²) in [5.41, 5.74) is 7.32. The van der Waals surface area contributed by atoms with E-state index in [-0.39, 0.29) is 17.9 Å². The zero-order valence-electron chi connectivity index (χ0n) is 13.5. The van der Waals surface area contributed by atoms with E-state index >= 15 is 0 Å². The van der Waals surface area contributed by atoms with Crippen LogP contribution in [-0.4, -0.2) is 12.0 Å². The molecule has 122 valence electrons. The first-order valence-corrected chi connectivity index (χ1v) is 8.73. The monoisotopic (exact) mass is 303 g/mol. The van der Waals surface area contributed by atoms with Crippen molar-refractivity contribution < 1.29 is 9.53 Å². The summed E-state index contributed by atoms with van der Waals surface area (Å²) in [7, 11) is 0. The van der Waals surface area contributed by atoms with E-state index in [4.69, 9.17) is 10.5 Å². The lowest BCUT2D eigenvalue weighted by atomic mass is 9.91. The lowest BCUT2D eigenvalue weighted by Crippen LogP contribution is -2.36. The summed E-state index contributed by atoms with van der Waals surface area (Å²) in [5, 5.41) is 0. The van der Waals surface area contributed by atoms with Crippen LogP contribution in [0.15, 0.2) is 30.3 Å². The number of rotatable bonds is 3. The average molecular weight is 303 g/mol. The number of hydrogen-bond acceptors (Lipinski definition) is 3. The van der Waals surface area contributed by atoms with Crippen LogP contribution in [-0.2, 0) is 16.1 Å². The van der Waals surface area contributed by atoms with Gasteiger partial charge in [0.1, 0.15) is 6.61 Å². The standard InChI is InChI=1S/C19H29NO2/c20-18-14-10-5-3-1-2-4-9-13-17(18)19(21)22-15-16-11-7-6-8-12-16/h6-8,11-12,17-18H,1-5,9-10,13-15,20H2. The minimum Gasteiger partial charge on any atom is -0.461 e. The van der Waals surface area contributed by atoms with Gasteiger partial charge < -0.3 is 10.5 Å². The molecular weight excluding hydrogens is 274 g/mol. The fourth-order valence-electron chi connectivity index (χ4n) is 3.17. The first-order valence-electron chi connectivity index (χ1n) is 8.73. The van der Waals surface area contributed by atoms with Crippen LogP contribution in [0, 0.1) is 5.92 Å². The molecule has 0 heterocycles. The maximum atomic E-state index is 12.4. The molecule has 2 atom stereocenters. The van der Waals surface area contributed by atoms with Gasteiger partial charge in [-0.05, 0) is 18.4 Å². The third kappa shape index (κ3) is 5.80. The van der Waals surface area contributed by atoms with Crippen LogP contribution >= 0.6 is 0 Å². The molecule has 1 aliphatic rings. The molecule has 1 aliphatic carbocycles. The van der Waals surface area contributed by atoms with Gasteiger partial charge in [0.15, 0.2) is 0 Å². The van der Waals surface area contributed by atoms with E-state index in [0.717, 1.165) is 31.2 Å².